The topological polar surface area (TPSA) is 48.5 Å². The smallest absolute Gasteiger partial charge is 0.164 e. The Balaban J connectivity index is 1.17. The highest BCUT2D eigenvalue weighted by atomic mass is 15.0. The van der Waals surface area contributed by atoms with Crippen LogP contribution < -0.4 is 0 Å². The van der Waals surface area contributed by atoms with Crippen molar-refractivity contribution in [3.8, 4) is 45.5 Å². The summed E-state index contributed by atoms with van der Waals surface area (Å²) < 4.78 is 4.75. The van der Waals surface area contributed by atoms with Gasteiger partial charge in [-0.1, -0.05) is 146 Å². The van der Waals surface area contributed by atoms with Crippen molar-refractivity contribution in [2.24, 2.45) is 0 Å². The molecule has 0 radical (unpaired) electrons. The van der Waals surface area contributed by atoms with Crippen molar-refractivity contribution in [3.05, 3.63) is 200 Å². The van der Waals surface area contributed by atoms with Gasteiger partial charge in [0.2, 0.25) is 0 Å². The van der Waals surface area contributed by atoms with Gasteiger partial charge in [-0.2, -0.15) is 0 Å². The van der Waals surface area contributed by atoms with Gasteiger partial charge in [0.05, 0.1) is 22.1 Å². The number of fused-ring (bicyclic) bond motifs is 8. The monoisotopic (exact) mass is 739 g/mol. The number of hydrogen-bond donors (Lipinski definition) is 0. The van der Waals surface area contributed by atoms with Crippen LogP contribution in [0.1, 0.15) is 0 Å². The van der Waals surface area contributed by atoms with Gasteiger partial charge < -0.3 is 9.13 Å². The molecule has 0 fully saturated rings. The van der Waals surface area contributed by atoms with Gasteiger partial charge in [0.15, 0.2) is 17.5 Å². The molecule has 0 aliphatic carbocycles. The van der Waals surface area contributed by atoms with Crippen molar-refractivity contribution in [1.29, 1.82) is 0 Å². The van der Waals surface area contributed by atoms with Crippen LogP contribution in [0.4, 0.5) is 0 Å². The summed E-state index contributed by atoms with van der Waals surface area (Å²) in [7, 11) is 0. The second-order valence-electron chi connectivity index (χ2n) is 14.9. The van der Waals surface area contributed by atoms with Crippen LogP contribution in [-0.2, 0) is 0 Å². The summed E-state index contributed by atoms with van der Waals surface area (Å²) in [6.45, 7) is 0. The van der Waals surface area contributed by atoms with Gasteiger partial charge in [-0.3, -0.25) is 0 Å². The zero-order valence-corrected chi connectivity index (χ0v) is 31.3. The van der Waals surface area contributed by atoms with Crippen LogP contribution in [0.25, 0.3) is 111 Å². The Morgan fingerprint density at radius 3 is 0.983 bits per heavy atom. The Labute approximate surface area is 333 Å². The van der Waals surface area contributed by atoms with Crippen molar-refractivity contribution in [3.63, 3.8) is 0 Å². The molecular weight excluding hydrogens is 707 g/mol. The Morgan fingerprint density at radius 2 is 0.586 bits per heavy atom. The van der Waals surface area contributed by atoms with Gasteiger partial charge in [-0.15, -0.1) is 0 Å². The quantitative estimate of drug-likeness (QED) is 0.177. The maximum atomic E-state index is 5.32. The van der Waals surface area contributed by atoms with Gasteiger partial charge in [-0.05, 0) is 76.1 Å². The van der Waals surface area contributed by atoms with Crippen LogP contribution in [0.5, 0.6) is 0 Å². The van der Waals surface area contributed by atoms with Crippen molar-refractivity contribution in [1.82, 2.24) is 24.1 Å². The average Bonchev–Trinajstić information content (AvgIpc) is 3.81. The minimum atomic E-state index is 0.603. The van der Waals surface area contributed by atoms with Crippen LogP contribution >= 0.6 is 0 Å². The zero-order chi connectivity index (χ0) is 38.2. The summed E-state index contributed by atoms with van der Waals surface area (Å²) in [5.74, 6) is 1.85. The van der Waals surface area contributed by atoms with Gasteiger partial charge >= 0.3 is 0 Å². The lowest BCUT2D eigenvalue weighted by atomic mass is 10.1. The minimum Gasteiger partial charge on any atom is -0.309 e. The van der Waals surface area contributed by atoms with Crippen molar-refractivity contribution in [2.75, 3.05) is 0 Å². The first-order chi connectivity index (χ1) is 28.7. The highest BCUT2D eigenvalue weighted by Gasteiger charge is 2.20. The summed E-state index contributed by atoms with van der Waals surface area (Å²) in [5, 5.41) is 9.44. The predicted octanol–water partition coefficient (Wildman–Crippen LogP) is 13.4. The number of nitrogens with zero attached hydrogens (tertiary/aromatic N) is 5. The lowest BCUT2D eigenvalue weighted by molar-refractivity contribution is 1.07. The first kappa shape index (κ1) is 32.4. The fraction of sp³-hybridized carbons (Fsp3) is 0. The lowest BCUT2D eigenvalue weighted by Gasteiger charge is -2.16. The molecule has 0 N–H and O–H groups in total. The van der Waals surface area contributed by atoms with Crippen LogP contribution in [0.2, 0.25) is 0 Å². The first-order valence-corrected chi connectivity index (χ1v) is 19.6. The van der Waals surface area contributed by atoms with E-state index in [4.69, 9.17) is 15.0 Å². The second-order valence-corrected chi connectivity index (χ2v) is 14.9. The maximum Gasteiger partial charge on any atom is 0.164 e. The highest BCUT2D eigenvalue weighted by molar-refractivity contribution is 6.10. The number of benzene rings is 9. The third-order valence-electron chi connectivity index (χ3n) is 11.5. The summed E-state index contributed by atoms with van der Waals surface area (Å²) >= 11 is 0. The third-order valence-corrected chi connectivity index (χ3v) is 11.5. The molecule has 5 heteroatoms. The molecular formula is C53H33N5. The van der Waals surface area contributed by atoms with E-state index in [1.807, 2.05) is 0 Å². The van der Waals surface area contributed by atoms with Crippen LogP contribution in [0.15, 0.2) is 200 Å². The Bertz CT molecular complexity index is 3260. The number of hydrogen-bond acceptors (Lipinski definition) is 3. The SMILES string of the molecule is c1ccc2cc(-c3nc(-c4cc(-n5c6ccccc6c6ccccc65)cc(-n5c6ccccc6c6ccccc65)c4)nc(-c4ccc5ccccc5c4)n3)ccc2c1. The number of rotatable bonds is 5. The fourth-order valence-electron chi connectivity index (χ4n) is 8.80. The largest absolute Gasteiger partial charge is 0.309 e. The third kappa shape index (κ3) is 5.14. The zero-order valence-electron chi connectivity index (χ0n) is 31.3. The first-order valence-electron chi connectivity index (χ1n) is 19.6. The molecule has 0 aliphatic rings. The van der Waals surface area contributed by atoms with Gasteiger partial charge in [-0.25, -0.2) is 15.0 Å². The molecule has 58 heavy (non-hydrogen) atoms. The summed E-state index contributed by atoms with van der Waals surface area (Å²) in [4.78, 5) is 15.8. The molecule has 3 heterocycles. The molecule has 0 amide bonds. The van der Waals surface area contributed by atoms with Crippen LogP contribution in [-0.4, -0.2) is 24.1 Å². The fourth-order valence-corrected chi connectivity index (χ4v) is 8.80. The molecule has 0 spiro atoms. The Hall–Kier alpha value is -7.89. The molecule has 0 atom stereocenters. The minimum absolute atomic E-state index is 0.603. The Morgan fingerprint density at radius 1 is 0.259 bits per heavy atom. The van der Waals surface area contributed by atoms with E-state index >= 15 is 0 Å². The van der Waals surface area contributed by atoms with E-state index in [1.54, 1.807) is 0 Å². The van der Waals surface area contributed by atoms with E-state index < -0.39 is 0 Å². The normalized spacial score (nSPS) is 11.8. The van der Waals surface area contributed by atoms with Crippen molar-refractivity contribution in [2.45, 2.75) is 0 Å². The molecule has 0 aliphatic heterocycles. The number of aromatic nitrogens is 5. The molecule has 0 unspecified atom stereocenters. The standard InChI is InChI=1S/C53H33N5/c1-3-15-36-29-38(27-25-34(36)13-1)51-54-52(39-28-26-35-14-2-4-16-37(35)30-39)56-53(55-51)40-31-41(57-47-21-9-5-17-43(47)44-18-6-10-22-48(44)57)33-42(32-40)58-49-23-11-7-19-45(49)46-20-8-12-24-50(46)58/h1-33H. The summed E-state index contributed by atoms with van der Waals surface area (Å²) in [5.41, 5.74) is 9.35. The molecule has 12 aromatic rings. The van der Waals surface area contributed by atoms with E-state index in [9.17, 15) is 0 Å². The Kier molecular flexibility index (Phi) is 7.16. The van der Waals surface area contributed by atoms with E-state index in [-0.39, 0.29) is 0 Å². The van der Waals surface area contributed by atoms with E-state index in [1.165, 1.54) is 32.3 Å². The molecule has 12 rings (SSSR count). The maximum absolute atomic E-state index is 5.32. The van der Waals surface area contributed by atoms with E-state index in [2.05, 4.69) is 209 Å². The molecule has 9 aromatic carbocycles. The molecule has 0 saturated carbocycles. The lowest BCUT2D eigenvalue weighted by Crippen LogP contribution is -2.03. The van der Waals surface area contributed by atoms with Gasteiger partial charge in [0.1, 0.15) is 0 Å². The van der Waals surface area contributed by atoms with Crippen molar-refractivity contribution >= 4 is 65.2 Å². The van der Waals surface area contributed by atoms with Gasteiger partial charge in [0.25, 0.3) is 0 Å². The van der Waals surface area contributed by atoms with Crippen LogP contribution in [0.3, 0.4) is 0 Å². The highest BCUT2D eigenvalue weighted by Crippen LogP contribution is 2.38. The number of para-hydroxylation sites is 4. The summed E-state index contributed by atoms with van der Waals surface area (Å²) in [6.07, 6.45) is 0. The molecule has 5 nitrogen and oxygen atoms in total. The molecule has 0 saturated heterocycles. The summed E-state index contributed by atoms with van der Waals surface area (Å²) in [6, 6.07) is 71.1. The van der Waals surface area contributed by atoms with Crippen LogP contribution in [0, 0.1) is 0 Å². The van der Waals surface area contributed by atoms with Gasteiger partial charge in [0, 0.05) is 49.6 Å². The van der Waals surface area contributed by atoms with E-state index in [0.29, 0.717) is 17.5 Å². The molecule has 0 bridgehead atoms. The molecule has 3 aromatic heterocycles. The van der Waals surface area contributed by atoms with E-state index in [0.717, 1.165) is 60.9 Å². The second kappa shape index (κ2) is 12.8. The molecule has 270 valence electrons. The average molecular weight is 740 g/mol. The van der Waals surface area contributed by atoms with Crippen molar-refractivity contribution < 1.29 is 0 Å². The predicted molar refractivity (Wildman–Crippen MR) is 240 cm³/mol.